The first-order chi connectivity index (χ1) is 29.3. The Labute approximate surface area is 358 Å². The molecule has 0 aliphatic carbocycles. The van der Waals surface area contributed by atoms with Gasteiger partial charge in [-0.3, -0.25) is 34.2 Å². The summed E-state index contributed by atoms with van der Waals surface area (Å²) < 4.78 is 24.6. The highest BCUT2D eigenvalue weighted by molar-refractivity contribution is 7.70. The lowest BCUT2D eigenvalue weighted by atomic mass is 10.0. The van der Waals surface area contributed by atoms with Crippen LogP contribution >= 0.6 is 18.7 Å². The van der Waals surface area contributed by atoms with Gasteiger partial charge in [-0.2, -0.15) is 4.98 Å². The number of aromatic nitrogens is 2. The van der Waals surface area contributed by atoms with E-state index in [0.29, 0.717) is 84.8 Å². The number of fused-ring (bicyclic) bond motifs is 1. The fourth-order valence-electron chi connectivity index (χ4n) is 7.68. The van der Waals surface area contributed by atoms with E-state index >= 15 is 0 Å². The van der Waals surface area contributed by atoms with E-state index in [9.17, 15) is 28.5 Å². The van der Waals surface area contributed by atoms with Crippen molar-refractivity contribution in [2.75, 3.05) is 68.8 Å². The maximum Gasteiger partial charge on any atom is 0.266 e. The summed E-state index contributed by atoms with van der Waals surface area (Å²) in [5.41, 5.74) is 2.58. The molecule has 3 aliphatic rings. The van der Waals surface area contributed by atoms with Crippen LogP contribution in [0.15, 0.2) is 66.9 Å². The standard InChI is InChI=1S/C43H48ClN8O8P/c1-59-34-25-27(16-17-30(34)47-43-45-26-29(44)39(49-43)46-31-12-7-8-14-35(31)61(2,3)58)50-20-22-51(23-21-50)37(54)15-6-4-5-9-24-60-33-13-10-11-28-38(33)42(57)52(41(28)56)32-18-19-36(53)48-40(32)55/h7-8,10-14,16-17,25-26,32H,4-6,9,15,18-24H2,1-3H3,(H,48,53,55)(H2,45,46,47,49). The van der Waals surface area contributed by atoms with Crippen LogP contribution in [0, 0.1) is 0 Å². The summed E-state index contributed by atoms with van der Waals surface area (Å²) in [4.78, 5) is 77.4. The third-order valence-electron chi connectivity index (χ3n) is 10.9. The molecule has 61 heavy (non-hydrogen) atoms. The van der Waals surface area contributed by atoms with E-state index in [1.165, 1.54) is 12.3 Å². The molecule has 0 saturated carbocycles. The van der Waals surface area contributed by atoms with Gasteiger partial charge in [0.15, 0.2) is 5.82 Å². The molecule has 0 radical (unpaired) electrons. The second-order valence-electron chi connectivity index (χ2n) is 15.4. The molecular weight excluding hydrogens is 823 g/mol. The van der Waals surface area contributed by atoms with E-state index in [2.05, 4.69) is 30.8 Å². The molecule has 3 N–H and O–H groups in total. The van der Waals surface area contributed by atoms with Crippen molar-refractivity contribution in [3.05, 3.63) is 83.0 Å². The molecule has 3 aromatic carbocycles. The van der Waals surface area contributed by atoms with Gasteiger partial charge >= 0.3 is 0 Å². The van der Waals surface area contributed by atoms with Crippen molar-refractivity contribution in [3.8, 4) is 11.5 Å². The van der Waals surface area contributed by atoms with Crippen molar-refractivity contribution >= 4 is 82.4 Å². The van der Waals surface area contributed by atoms with Gasteiger partial charge in [-0.15, -0.1) is 0 Å². The number of halogens is 1. The Morgan fingerprint density at radius 1 is 0.902 bits per heavy atom. The van der Waals surface area contributed by atoms with Crippen LogP contribution in [0.25, 0.3) is 0 Å². The molecule has 2 saturated heterocycles. The van der Waals surface area contributed by atoms with Crippen LogP contribution in [-0.2, 0) is 18.9 Å². The Morgan fingerprint density at radius 2 is 1.67 bits per heavy atom. The molecule has 0 spiro atoms. The number of rotatable bonds is 16. The number of carbonyl (C=O) groups excluding carboxylic acids is 5. The van der Waals surface area contributed by atoms with Crippen LogP contribution in [0.5, 0.6) is 11.5 Å². The topological polar surface area (TPSA) is 192 Å². The number of hydrogen-bond acceptors (Lipinski definition) is 13. The zero-order chi connectivity index (χ0) is 43.3. The number of nitrogens with one attached hydrogen (secondary N) is 3. The first kappa shape index (κ1) is 43.1. The maximum absolute atomic E-state index is 13.3. The SMILES string of the molecule is COc1cc(N2CCN(C(=O)CCCCCCOc3cccc4c3C(=O)N(C3CCC(=O)NC3=O)C4=O)CC2)ccc1Nc1ncc(Cl)c(Nc2ccccc2P(C)(C)=O)n1. The maximum atomic E-state index is 13.3. The third kappa shape index (κ3) is 9.81. The van der Waals surface area contributed by atoms with Crippen LogP contribution in [-0.4, -0.2) is 109 Å². The molecule has 7 rings (SSSR count). The zero-order valence-corrected chi connectivity index (χ0v) is 35.9. The van der Waals surface area contributed by atoms with E-state index in [1.54, 1.807) is 32.6 Å². The van der Waals surface area contributed by atoms with Crippen LogP contribution in [0.4, 0.5) is 28.8 Å². The molecule has 4 heterocycles. The number of carbonyl (C=O) groups is 5. The molecule has 0 bridgehead atoms. The number of methoxy groups -OCH3 is 1. The lowest BCUT2D eigenvalue weighted by Gasteiger charge is -2.36. The molecule has 1 unspecified atom stereocenters. The van der Waals surface area contributed by atoms with Crippen LogP contribution in [0.1, 0.15) is 65.7 Å². The van der Waals surface area contributed by atoms with Gasteiger partial charge in [0.1, 0.15) is 29.7 Å². The number of amides is 5. The lowest BCUT2D eigenvalue weighted by molar-refractivity contribution is -0.136. The number of anilines is 5. The number of imide groups is 2. The Kier molecular flexibility index (Phi) is 13.2. The first-order valence-corrected chi connectivity index (χ1v) is 23.2. The van der Waals surface area contributed by atoms with Crippen molar-refractivity contribution < 1.29 is 38.0 Å². The summed E-state index contributed by atoms with van der Waals surface area (Å²) in [5.74, 6) is -0.611. The monoisotopic (exact) mass is 870 g/mol. The molecule has 18 heteroatoms. The molecule has 1 atom stereocenters. The summed E-state index contributed by atoms with van der Waals surface area (Å²) in [5, 5.41) is 9.63. The predicted molar refractivity (Wildman–Crippen MR) is 233 cm³/mol. The minimum atomic E-state index is -2.57. The number of piperazine rings is 1. The van der Waals surface area contributed by atoms with Gasteiger partial charge in [-0.25, -0.2) is 4.98 Å². The fraction of sp³-hybridized carbons (Fsp3) is 0.372. The highest BCUT2D eigenvalue weighted by atomic mass is 35.5. The quantitative estimate of drug-likeness (QED) is 0.0680. The Bertz CT molecular complexity index is 2400. The highest BCUT2D eigenvalue weighted by Gasteiger charge is 2.46. The molecule has 1 aromatic heterocycles. The second kappa shape index (κ2) is 18.7. The molecule has 2 fully saturated rings. The molecule has 3 aliphatic heterocycles. The zero-order valence-electron chi connectivity index (χ0n) is 34.2. The fourth-order valence-corrected chi connectivity index (χ4v) is 8.98. The third-order valence-corrected chi connectivity index (χ3v) is 12.7. The van der Waals surface area contributed by atoms with Crippen molar-refractivity contribution in [1.82, 2.24) is 25.1 Å². The van der Waals surface area contributed by atoms with E-state index in [0.717, 1.165) is 29.8 Å². The van der Waals surface area contributed by atoms with Gasteiger partial charge < -0.3 is 34.5 Å². The van der Waals surface area contributed by atoms with Gasteiger partial charge in [0.2, 0.25) is 23.7 Å². The van der Waals surface area contributed by atoms with E-state index in [1.807, 2.05) is 47.4 Å². The summed E-state index contributed by atoms with van der Waals surface area (Å²) in [6.07, 6.45) is 5.15. The average Bonchev–Trinajstić information content (AvgIpc) is 3.50. The molecule has 5 amide bonds. The first-order valence-electron chi connectivity index (χ1n) is 20.2. The van der Waals surface area contributed by atoms with Gasteiger partial charge in [-0.05, 0) is 69.0 Å². The summed E-state index contributed by atoms with van der Waals surface area (Å²) in [6, 6.07) is 16.9. The molecule has 16 nitrogen and oxygen atoms in total. The lowest BCUT2D eigenvalue weighted by Crippen LogP contribution is -2.54. The summed E-state index contributed by atoms with van der Waals surface area (Å²) >= 11 is 6.45. The van der Waals surface area contributed by atoms with Crippen LogP contribution in [0.3, 0.4) is 0 Å². The van der Waals surface area contributed by atoms with Crippen molar-refractivity contribution in [3.63, 3.8) is 0 Å². The van der Waals surface area contributed by atoms with Gasteiger partial charge in [0, 0.05) is 56.1 Å². The summed E-state index contributed by atoms with van der Waals surface area (Å²) in [6.45, 7) is 6.28. The van der Waals surface area contributed by atoms with E-state index in [4.69, 9.17) is 21.1 Å². The predicted octanol–water partition coefficient (Wildman–Crippen LogP) is 5.95. The Hall–Kier alpha value is -5.99. The Morgan fingerprint density at radius 3 is 2.43 bits per heavy atom. The van der Waals surface area contributed by atoms with Crippen molar-refractivity contribution in [2.24, 2.45) is 0 Å². The van der Waals surface area contributed by atoms with Crippen molar-refractivity contribution in [1.29, 1.82) is 0 Å². The number of hydrogen-bond donors (Lipinski definition) is 3. The minimum absolute atomic E-state index is 0.0497. The molecule has 4 aromatic rings. The van der Waals surface area contributed by atoms with Gasteiger partial charge in [0.25, 0.3) is 11.8 Å². The number of ether oxygens (including phenoxy) is 2. The smallest absolute Gasteiger partial charge is 0.266 e. The number of unbranched alkanes of at least 4 members (excludes halogenated alkanes) is 3. The number of piperidine rings is 1. The van der Waals surface area contributed by atoms with Gasteiger partial charge in [0.05, 0.1) is 42.4 Å². The van der Waals surface area contributed by atoms with Crippen LogP contribution < -0.4 is 35.6 Å². The number of para-hydroxylation sites is 1. The largest absolute Gasteiger partial charge is 0.494 e. The minimum Gasteiger partial charge on any atom is -0.494 e. The van der Waals surface area contributed by atoms with Gasteiger partial charge in [-0.1, -0.05) is 42.6 Å². The van der Waals surface area contributed by atoms with E-state index in [-0.39, 0.29) is 35.6 Å². The second-order valence-corrected chi connectivity index (χ2v) is 19.0. The summed E-state index contributed by atoms with van der Waals surface area (Å²) in [7, 11) is -0.980. The average molecular weight is 871 g/mol. The number of nitrogens with zero attached hydrogens (tertiary/aromatic N) is 5. The Balaban J connectivity index is 0.840. The number of benzene rings is 3. The molecule has 320 valence electrons. The molecular formula is C43H48ClN8O8P. The van der Waals surface area contributed by atoms with E-state index < -0.39 is 36.8 Å². The highest BCUT2D eigenvalue weighted by Crippen LogP contribution is 2.39. The van der Waals surface area contributed by atoms with Crippen molar-refractivity contribution in [2.45, 2.75) is 51.0 Å². The normalized spacial score (nSPS) is 16.7. The van der Waals surface area contributed by atoms with Crippen LogP contribution in [0.2, 0.25) is 5.02 Å².